The Morgan fingerprint density at radius 2 is 1.96 bits per heavy atom. The summed E-state index contributed by atoms with van der Waals surface area (Å²) in [5, 5.41) is 19.9. The van der Waals surface area contributed by atoms with E-state index in [0.29, 0.717) is 24.8 Å². The Morgan fingerprint density at radius 1 is 1.13 bits per heavy atom. The highest BCUT2D eigenvalue weighted by atomic mass is 16.5. The molecule has 2 aromatic carbocycles. The highest BCUT2D eigenvalue weighted by Crippen LogP contribution is 2.41. The molecule has 5 nitrogen and oxygen atoms in total. The van der Waals surface area contributed by atoms with Crippen LogP contribution in [-0.4, -0.2) is 26.7 Å². The second-order valence-corrected chi connectivity index (χ2v) is 5.90. The summed E-state index contributed by atoms with van der Waals surface area (Å²) >= 11 is 0. The van der Waals surface area contributed by atoms with Crippen LogP contribution in [0.25, 0.3) is 10.8 Å². The average molecular weight is 309 g/mol. The first kappa shape index (κ1) is 14.2. The van der Waals surface area contributed by atoms with Crippen molar-refractivity contribution in [2.75, 3.05) is 6.61 Å². The topological polar surface area (TPSA) is 60.2 Å². The molecule has 1 saturated carbocycles. The van der Waals surface area contributed by atoms with E-state index in [2.05, 4.69) is 28.5 Å². The zero-order valence-corrected chi connectivity index (χ0v) is 12.9. The van der Waals surface area contributed by atoms with Crippen LogP contribution in [0, 0.1) is 0 Å². The Balaban J connectivity index is 1.49. The Labute approximate surface area is 134 Å². The number of hydrogen-bond donors (Lipinski definition) is 1. The van der Waals surface area contributed by atoms with Crippen LogP contribution in [0.1, 0.15) is 30.1 Å². The minimum absolute atomic E-state index is 0.0456. The quantitative estimate of drug-likeness (QED) is 0.760. The molecule has 0 spiro atoms. The van der Waals surface area contributed by atoms with E-state index >= 15 is 0 Å². The lowest BCUT2D eigenvalue weighted by molar-refractivity contribution is 0.274. The second kappa shape index (κ2) is 6.01. The van der Waals surface area contributed by atoms with Crippen molar-refractivity contribution in [3.8, 4) is 5.75 Å². The van der Waals surface area contributed by atoms with Crippen LogP contribution < -0.4 is 4.74 Å². The predicted octanol–water partition coefficient (Wildman–Crippen LogP) is 2.88. The van der Waals surface area contributed by atoms with E-state index in [0.717, 1.165) is 29.7 Å². The molecule has 1 heterocycles. The number of aliphatic hydroxyl groups excluding tert-OH is 1. The van der Waals surface area contributed by atoms with Gasteiger partial charge in [-0.15, -0.1) is 5.10 Å². The monoisotopic (exact) mass is 309 g/mol. The molecule has 3 aromatic rings. The molecule has 0 unspecified atom stereocenters. The maximum Gasteiger partial charge on any atom is 0.127 e. The molecule has 1 aromatic heterocycles. The fraction of sp³-hybridized carbons (Fsp3) is 0.333. The number of aromatic nitrogens is 3. The third kappa shape index (κ3) is 2.80. The summed E-state index contributed by atoms with van der Waals surface area (Å²) in [4.78, 5) is 0. The first-order valence-electron chi connectivity index (χ1n) is 8.00. The van der Waals surface area contributed by atoms with Gasteiger partial charge in [-0.3, -0.25) is 0 Å². The Hall–Kier alpha value is -2.40. The zero-order valence-electron chi connectivity index (χ0n) is 12.9. The van der Waals surface area contributed by atoms with E-state index in [1.54, 1.807) is 0 Å². The summed E-state index contributed by atoms with van der Waals surface area (Å²) in [5.74, 6) is 1.39. The zero-order chi connectivity index (χ0) is 15.6. The van der Waals surface area contributed by atoms with Crippen molar-refractivity contribution in [1.29, 1.82) is 0 Å². The highest BCUT2D eigenvalue weighted by Gasteiger charge is 2.30. The fourth-order valence-electron chi connectivity index (χ4n) is 3.00. The lowest BCUT2D eigenvalue weighted by Crippen LogP contribution is -2.12. The molecule has 0 aliphatic heterocycles. The Bertz CT molecular complexity index is 819. The number of hydrogen-bond acceptors (Lipinski definition) is 4. The molecule has 5 heteroatoms. The smallest absolute Gasteiger partial charge is 0.127 e. The standard InChI is InChI=1S/C18H19N3O2/c22-12-16-18(14-8-9-14)21(20-19-16)10-11-23-17-7-3-5-13-4-1-2-6-15(13)17/h1-7,14,22H,8-12H2. The van der Waals surface area contributed by atoms with E-state index in [-0.39, 0.29) is 6.61 Å². The normalized spacial score (nSPS) is 14.3. The van der Waals surface area contributed by atoms with E-state index in [1.807, 2.05) is 28.9 Å². The molecule has 0 bridgehead atoms. The third-order valence-corrected chi connectivity index (χ3v) is 4.27. The molecule has 0 radical (unpaired) electrons. The van der Waals surface area contributed by atoms with Gasteiger partial charge in [0.15, 0.2) is 0 Å². The van der Waals surface area contributed by atoms with Crippen molar-refractivity contribution in [2.45, 2.75) is 31.9 Å². The van der Waals surface area contributed by atoms with Crippen molar-refractivity contribution >= 4 is 10.8 Å². The largest absolute Gasteiger partial charge is 0.491 e. The van der Waals surface area contributed by atoms with Crippen molar-refractivity contribution in [3.05, 3.63) is 53.9 Å². The van der Waals surface area contributed by atoms with Gasteiger partial charge in [-0.05, 0) is 24.3 Å². The van der Waals surface area contributed by atoms with Gasteiger partial charge >= 0.3 is 0 Å². The maximum absolute atomic E-state index is 9.38. The van der Waals surface area contributed by atoms with Gasteiger partial charge in [-0.25, -0.2) is 4.68 Å². The number of rotatable bonds is 6. The van der Waals surface area contributed by atoms with Crippen LogP contribution in [0.5, 0.6) is 5.75 Å². The third-order valence-electron chi connectivity index (χ3n) is 4.27. The molecule has 0 amide bonds. The van der Waals surface area contributed by atoms with E-state index in [9.17, 15) is 5.11 Å². The number of fused-ring (bicyclic) bond motifs is 1. The van der Waals surface area contributed by atoms with Crippen LogP contribution in [0.4, 0.5) is 0 Å². The molecule has 1 fully saturated rings. The van der Waals surface area contributed by atoms with Gasteiger partial charge in [-0.2, -0.15) is 0 Å². The fourth-order valence-corrected chi connectivity index (χ4v) is 3.00. The molecule has 1 aliphatic rings. The summed E-state index contributed by atoms with van der Waals surface area (Å²) in [6.45, 7) is 1.13. The van der Waals surface area contributed by atoms with Gasteiger partial charge in [0.05, 0.1) is 18.8 Å². The minimum atomic E-state index is -0.0456. The van der Waals surface area contributed by atoms with Gasteiger partial charge in [0, 0.05) is 11.3 Å². The number of aliphatic hydroxyl groups is 1. The van der Waals surface area contributed by atoms with Gasteiger partial charge < -0.3 is 9.84 Å². The van der Waals surface area contributed by atoms with Crippen molar-refractivity contribution in [3.63, 3.8) is 0 Å². The number of benzene rings is 2. The lowest BCUT2D eigenvalue weighted by atomic mass is 10.1. The molecule has 0 saturated heterocycles. The van der Waals surface area contributed by atoms with Gasteiger partial charge in [-0.1, -0.05) is 41.6 Å². The number of nitrogens with zero attached hydrogens (tertiary/aromatic N) is 3. The molecular weight excluding hydrogens is 290 g/mol. The average Bonchev–Trinajstić information content (AvgIpc) is 3.35. The van der Waals surface area contributed by atoms with Crippen LogP contribution in [-0.2, 0) is 13.2 Å². The second-order valence-electron chi connectivity index (χ2n) is 5.90. The first-order chi connectivity index (χ1) is 11.4. The van der Waals surface area contributed by atoms with Crippen LogP contribution >= 0.6 is 0 Å². The molecule has 0 atom stereocenters. The van der Waals surface area contributed by atoms with Gasteiger partial charge in [0.2, 0.25) is 0 Å². The summed E-state index contributed by atoms with van der Waals surface area (Å²) in [6.07, 6.45) is 2.31. The Morgan fingerprint density at radius 3 is 2.78 bits per heavy atom. The van der Waals surface area contributed by atoms with Crippen LogP contribution in [0.3, 0.4) is 0 Å². The SMILES string of the molecule is OCc1nnn(CCOc2cccc3ccccc23)c1C1CC1. The minimum Gasteiger partial charge on any atom is -0.491 e. The highest BCUT2D eigenvalue weighted by molar-refractivity contribution is 5.88. The Kier molecular flexibility index (Phi) is 3.71. The van der Waals surface area contributed by atoms with Crippen molar-refractivity contribution in [1.82, 2.24) is 15.0 Å². The number of ether oxygens (including phenoxy) is 1. The summed E-state index contributed by atoms with van der Waals surface area (Å²) < 4.78 is 7.85. The van der Waals surface area contributed by atoms with Crippen LogP contribution in [0.2, 0.25) is 0 Å². The molecule has 118 valence electrons. The molecule has 1 N–H and O–H groups in total. The van der Waals surface area contributed by atoms with Crippen LogP contribution in [0.15, 0.2) is 42.5 Å². The first-order valence-corrected chi connectivity index (χ1v) is 8.00. The van der Waals surface area contributed by atoms with E-state index in [4.69, 9.17) is 4.74 Å². The summed E-state index contributed by atoms with van der Waals surface area (Å²) in [7, 11) is 0. The van der Waals surface area contributed by atoms with E-state index in [1.165, 1.54) is 5.39 Å². The molecule has 4 rings (SSSR count). The molecule has 1 aliphatic carbocycles. The van der Waals surface area contributed by atoms with Gasteiger partial charge in [0.25, 0.3) is 0 Å². The molecule has 23 heavy (non-hydrogen) atoms. The lowest BCUT2D eigenvalue weighted by Gasteiger charge is -2.10. The summed E-state index contributed by atoms with van der Waals surface area (Å²) in [6, 6.07) is 14.3. The predicted molar refractivity (Wildman–Crippen MR) is 87.4 cm³/mol. The van der Waals surface area contributed by atoms with Crippen molar-refractivity contribution in [2.24, 2.45) is 0 Å². The van der Waals surface area contributed by atoms with E-state index < -0.39 is 0 Å². The maximum atomic E-state index is 9.38. The molecular formula is C18H19N3O2. The summed E-state index contributed by atoms with van der Waals surface area (Å²) in [5.41, 5.74) is 1.78. The van der Waals surface area contributed by atoms with Crippen molar-refractivity contribution < 1.29 is 9.84 Å². The van der Waals surface area contributed by atoms with Gasteiger partial charge in [0.1, 0.15) is 18.1 Å².